The summed E-state index contributed by atoms with van der Waals surface area (Å²) in [4.78, 5) is 109. The molecule has 16 N–H and O–H groups in total. The van der Waals surface area contributed by atoms with Crippen molar-refractivity contribution in [2.45, 2.75) is 207 Å². The summed E-state index contributed by atoms with van der Waals surface area (Å²) < 4.78 is 32.3. The van der Waals surface area contributed by atoms with Crippen molar-refractivity contribution in [3.05, 3.63) is 92.6 Å². The monoisotopic (exact) mass is 1350 g/mol. The Hall–Kier alpha value is -5.94. The normalized spacial score (nSPS) is 35.9. The molecule has 8 bridgehead atoms. The number of amides is 7. The predicted molar refractivity (Wildman–Crippen MR) is 339 cm³/mol. The van der Waals surface area contributed by atoms with Gasteiger partial charge >= 0.3 is 7.82 Å². The van der Waals surface area contributed by atoms with Gasteiger partial charge in [-0.25, -0.2) is 9.55 Å². The van der Waals surface area contributed by atoms with Crippen LogP contribution in [-0.4, -0.2) is 133 Å². The van der Waals surface area contributed by atoms with E-state index in [1.807, 2.05) is 87.4 Å². The number of carbonyl (C=O) groups excluding carboxylic acids is 7. The number of aliphatic hydroxyl groups excluding tert-OH is 2. The second-order valence-corrected chi connectivity index (χ2v) is 28.9. The van der Waals surface area contributed by atoms with Crippen molar-refractivity contribution >= 4 is 60.2 Å². The van der Waals surface area contributed by atoms with E-state index in [2.05, 4.69) is 10.3 Å². The summed E-state index contributed by atoms with van der Waals surface area (Å²) in [6, 6.07) is 0.417. The van der Waals surface area contributed by atoms with Crippen molar-refractivity contribution in [1.29, 1.82) is 0 Å². The van der Waals surface area contributed by atoms with Crippen LogP contribution < -0.4 is 39.7 Å². The van der Waals surface area contributed by atoms with Crippen LogP contribution in [0.2, 0.25) is 0 Å². The quantitative estimate of drug-likeness (QED) is 0.0422. The van der Waals surface area contributed by atoms with Crippen molar-refractivity contribution in [2.75, 3.05) is 13.2 Å². The first-order valence-corrected chi connectivity index (χ1v) is 32.4. The van der Waals surface area contributed by atoms with Gasteiger partial charge in [-0.15, -0.1) is 34.8 Å². The molecule has 27 nitrogen and oxygen atoms in total. The number of benzene rings is 1. The predicted octanol–water partition coefficient (Wildman–Crippen LogP) is 5.30. The maximum absolute atomic E-state index is 14.4. The van der Waals surface area contributed by atoms with E-state index in [9.17, 15) is 53.2 Å². The molecule has 1 aromatic carbocycles. The van der Waals surface area contributed by atoms with E-state index in [0.29, 0.717) is 39.3 Å². The number of nitrogens with zero attached hydrogens (tertiary/aromatic N) is 6. The molecule has 6 aliphatic rings. The number of phosphoric acid groups is 1. The summed E-state index contributed by atoms with van der Waals surface area (Å²) >= 11 is 0. The number of carbonyl (C=O) groups is 7. The van der Waals surface area contributed by atoms with E-state index in [4.69, 9.17) is 69.5 Å². The molecule has 515 valence electrons. The summed E-state index contributed by atoms with van der Waals surface area (Å²) in [5, 5.41) is 46.9. The number of primary amides is 6. The number of ether oxygens (including phenoxy) is 1. The number of hydrogen-bond donors (Lipinski definition) is 10. The number of aliphatic hydroxyl groups is 2. The van der Waals surface area contributed by atoms with Gasteiger partial charge in [0.1, 0.15) is 18.3 Å². The number of aryl methyl sites for hydroxylation is 2. The molecule has 1 aromatic heterocycles. The SMILES string of the molecule is C/C1=C2/[N-][C@H]([C@H](CC(N)=O)[C@@]2(C)CCC(=O)NC[C@@H](C)OP(=O)(O)O[C@H]2[C@@H](O)[C@@H](n3cnc4cc(C)c(C)cc43)O[C@@H]2CO)[C@]2(C)[N-]C(/C(C)=C3\[N-]C(/C=C4\[N-]C1[C@@H](CCC(N)=O)C4(C)C)[C@@H](CCC(N)=O)[C@]3(C)CC(N)=O)[C@@H](CCC(N)=O)[C@]2(C)CC(N)=O.[CH3-].[Co]. The Kier molecular flexibility index (Phi) is 23.0. The zero-order chi connectivity index (χ0) is 66.7. The topological polar surface area (TPSA) is 467 Å². The van der Waals surface area contributed by atoms with Gasteiger partial charge < -0.3 is 92.8 Å². The molecular formula is C63H95CoN13O14P-5. The number of nitrogens with one attached hydrogen (secondary N) is 1. The van der Waals surface area contributed by atoms with Crippen LogP contribution in [0.4, 0.5) is 0 Å². The van der Waals surface area contributed by atoms with Crippen molar-refractivity contribution in [3.8, 4) is 0 Å². The molecule has 6 aliphatic heterocycles. The molecule has 0 saturated carbocycles. The van der Waals surface area contributed by atoms with E-state index in [-0.39, 0.29) is 101 Å². The van der Waals surface area contributed by atoms with E-state index in [1.165, 1.54) is 13.3 Å². The first kappa shape index (κ1) is 75.1. The second kappa shape index (κ2) is 28.2. The molecule has 5 fully saturated rings. The molecule has 4 unspecified atom stereocenters. The van der Waals surface area contributed by atoms with Gasteiger partial charge in [-0.3, -0.25) is 42.6 Å². The van der Waals surface area contributed by atoms with Gasteiger partial charge in [0.2, 0.25) is 41.4 Å². The fraction of sp³-hybridized carbons (Fsp3) is 0.667. The van der Waals surface area contributed by atoms with Crippen LogP contribution in [0.25, 0.3) is 32.3 Å². The summed E-state index contributed by atoms with van der Waals surface area (Å²) in [6.45, 7) is 19.5. The molecule has 7 amide bonds. The Morgan fingerprint density at radius 1 is 0.750 bits per heavy atom. The van der Waals surface area contributed by atoms with Crippen molar-refractivity contribution in [3.63, 3.8) is 0 Å². The fourth-order valence-electron chi connectivity index (χ4n) is 16.1. The van der Waals surface area contributed by atoms with Crippen LogP contribution in [-0.2, 0) is 68.7 Å². The van der Waals surface area contributed by atoms with Crippen LogP contribution >= 0.6 is 7.82 Å². The minimum absolute atomic E-state index is 0. The molecule has 1 radical (unpaired) electrons. The van der Waals surface area contributed by atoms with Gasteiger partial charge in [0, 0.05) is 68.3 Å². The number of phosphoric ester groups is 1. The third-order valence-electron chi connectivity index (χ3n) is 21.2. The van der Waals surface area contributed by atoms with Crippen LogP contribution in [0.1, 0.15) is 150 Å². The molecular weight excluding hydrogens is 1250 g/mol. The van der Waals surface area contributed by atoms with E-state index in [1.54, 1.807) is 4.57 Å². The number of fused-ring (bicyclic) bond motifs is 10. The number of hydrogen-bond acceptors (Lipinski definition) is 14. The maximum Gasteiger partial charge on any atom is 0.472 e. The Labute approximate surface area is 549 Å². The van der Waals surface area contributed by atoms with Gasteiger partial charge in [0.05, 0.1) is 30.1 Å². The molecule has 2 aromatic rings. The second-order valence-electron chi connectivity index (χ2n) is 27.5. The minimum atomic E-state index is -5.06. The minimum Gasteiger partial charge on any atom is -0.685 e. The average molecular weight is 1350 g/mol. The standard InChI is InChI=1S/C62H92N13O14P.CH3.Co/c1-29-20-39-40(21-30(29)2)75(28-70-39)57-52(84)53(41(27-76)87-57)89-90(85,86)88-31(3)26-69-49(83)18-19-59(8)37(22-46(66)80)56-62(11)61(10,25-48(68)82)36(14-17-45(65)79)51(74-62)33(5)55-60(9,24-47(67)81)34(12-15-43(63)77)38(71-55)23-42-58(6,7)35(13-16-44(64)78)50(72-42)32(4)54(59)73-56;;/h20-21,23,28,31,34-38,41,50-53,56-57,76,84H,12-19,22,24-27H2,1-11H3,(H2,63,77)(H2,64,78)(H2,65,79)(H2,66,80)(H2,67,81)(H2,68,82)(H,69,83)(H,85,86);1H3;/q-4;-1;/b42-23-,54-32-,55-33-;;/t31-,34-,35-,36-,37+,38?,41-,50?,51?,52-,53-,56-,57+,59-,60+,61+,62+;;/m1../s1. The Bertz CT molecular complexity index is 3340. The Balaban J connectivity index is 0.00000672. The van der Waals surface area contributed by atoms with Crippen molar-refractivity contribution in [1.82, 2.24) is 14.9 Å². The van der Waals surface area contributed by atoms with Gasteiger partial charge in [-0.05, 0) is 129 Å². The van der Waals surface area contributed by atoms with E-state index in [0.717, 1.165) is 11.1 Å². The van der Waals surface area contributed by atoms with Crippen molar-refractivity contribution in [2.24, 2.45) is 79.7 Å². The summed E-state index contributed by atoms with van der Waals surface area (Å²) in [7, 11) is -5.06. The number of imidazole rings is 1. The van der Waals surface area contributed by atoms with E-state index < -0.39 is 161 Å². The molecule has 92 heavy (non-hydrogen) atoms. The third-order valence-corrected chi connectivity index (χ3v) is 22.3. The van der Waals surface area contributed by atoms with Crippen LogP contribution in [0, 0.1) is 66.6 Å². The maximum atomic E-state index is 14.4. The number of rotatable bonds is 26. The Morgan fingerprint density at radius 3 is 1.89 bits per heavy atom. The molecule has 0 spiro atoms. The molecule has 29 heteroatoms. The number of nitrogens with two attached hydrogens (primary N) is 6. The summed E-state index contributed by atoms with van der Waals surface area (Å²) in [5.41, 5.74) is 36.2. The molecule has 7 heterocycles. The zero-order valence-corrected chi connectivity index (χ0v) is 56.7. The first-order valence-electron chi connectivity index (χ1n) is 30.9. The van der Waals surface area contributed by atoms with Gasteiger partial charge in [-0.2, -0.15) is 17.1 Å². The molecule has 8 rings (SSSR count). The largest absolute Gasteiger partial charge is 0.685 e. The molecule has 5 saturated heterocycles. The first-order chi connectivity index (χ1) is 41.8. The molecule has 18 atom stereocenters. The Morgan fingerprint density at radius 2 is 1.32 bits per heavy atom. The van der Waals surface area contributed by atoms with E-state index >= 15 is 0 Å². The summed E-state index contributed by atoms with van der Waals surface area (Å²) in [5.74, 6) is -6.86. The van der Waals surface area contributed by atoms with Crippen molar-refractivity contribution < 1.29 is 83.8 Å². The third kappa shape index (κ3) is 14.3. The number of allylic oxidation sites excluding steroid dienone is 3. The van der Waals surface area contributed by atoms with Crippen LogP contribution in [0.15, 0.2) is 52.8 Å². The number of aromatic nitrogens is 2. The fourth-order valence-corrected chi connectivity index (χ4v) is 17.3. The summed E-state index contributed by atoms with van der Waals surface area (Å²) in [6.07, 6.45) is -3.96. The molecule has 0 aliphatic carbocycles. The van der Waals surface area contributed by atoms with Gasteiger partial charge in [0.15, 0.2) is 6.23 Å². The van der Waals surface area contributed by atoms with Crippen LogP contribution in [0.5, 0.6) is 0 Å². The van der Waals surface area contributed by atoms with Gasteiger partial charge in [-0.1, -0.05) is 53.6 Å². The average Bonchev–Trinajstić information content (AvgIpc) is 1.53. The smallest absolute Gasteiger partial charge is 0.472 e. The van der Waals surface area contributed by atoms with Gasteiger partial charge in [0.25, 0.3) is 0 Å². The zero-order valence-electron chi connectivity index (χ0n) is 54.8. The van der Waals surface area contributed by atoms with Crippen LogP contribution in [0.3, 0.4) is 0 Å².